The predicted molar refractivity (Wildman–Crippen MR) is 105 cm³/mol. The first-order chi connectivity index (χ1) is 10.9. The third-order valence-electron chi connectivity index (χ3n) is 4.70. The highest BCUT2D eigenvalue weighted by atomic mass is 28.2. The maximum Gasteiger partial charge on any atom is 0.161 e. The Morgan fingerprint density at radius 3 is 1.14 bits per heavy atom. The van der Waals surface area contributed by atoms with Crippen molar-refractivity contribution < 1.29 is 4.43 Å². The van der Waals surface area contributed by atoms with Gasteiger partial charge in [0.1, 0.15) is 0 Å². The minimum absolute atomic E-state index is 0.144. The van der Waals surface area contributed by atoms with E-state index in [0.717, 1.165) is 0 Å². The number of hydrogen-bond acceptors (Lipinski definition) is 1. The van der Waals surface area contributed by atoms with Gasteiger partial charge in [0.25, 0.3) is 0 Å². The van der Waals surface area contributed by atoms with Gasteiger partial charge in [-0.3, -0.25) is 0 Å². The predicted octanol–water partition coefficient (Wildman–Crippen LogP) is 6.79. The number of hydrogen-bond donors (Lipinski definition) is 0. The van der Waals surface area contributed by atoms with Crippen molar-refractivity contribution in [1.29, 1.82) is 0 Å². The summed E-state index contributed by atoms with van der Waals surface area (Å²) >= 11 is 0. The van der Waals surface area contributed by atoms with E-state index in [2.05, 4.69) is 6.92 Å². The van der Waals surface area contributed by atoms with E-state index in [0.29, 0.717) is 0 Å². The summed E-state index contributed by atoms with van der Waals surface area (Å²) in [7, 11) is 1.72. The van der Waals surface area contributed by atoms with Crippen molar-refractivity contribution in [2.24, 2.45) is 0 Å². The monoisotopic (exact) mass is 328 g/mol. The second kappa shape index (κ2) is 21.2. The summed E-state index contributed by atoms with van der Waals surface area (Å²) in [4.78, 5) is 0. The Balaban J connectivity index is 2.91. The molecule has 0 amide bonds. The van der Waals surface area contributed by atoms with Crippen LogP contribution < -0.4 is 0 Å². The fourth-order valence-corrected chi connectivity index (χ4v) is 3.99. The highest BCUT2D eigenvalue weighted by molar-refractivity contribution is 6.26. The Bertz CT molecular complexity index is 165. The first-order valence-electron chi connectivity index (χ1n) is 10.4. The topological polar surface area (TPSA) is 9.23 Å². The van der Waals surface area contributed by atoms with E-state index in [1.165, 1.54) is 115 Å². The van der Waals surface area contributed by atoms with Gasteiger partial charge in [0.2, 0.25) is 0 Å². The van der Waals surface area contributed by atoms with Crippen LogP contribution in [-0.2, 0) is 4.43 Å². The van der Waals surface area contributed by atoms with Crippen LogP contribution in [0.15, 0.2) is 0 Å². The van der Waals surface area contributed by atoms with E-state index >= 15 is 0 Å². The van der Waals surface area contributed by atoms with Gasteiger partial charge in [-0.15, -0.1) is 0 Å². The van der Waals surface area contributed by atoms with Gasteiger partial charge in [0, 0.05) is 7.11 Å². The van der Waals surface area contributed by atoms with Crippen LogP contribution in [0.25, 0.3) is 0 Å². The zero-order chi connectivity index (χ0) is 16.1. The molecule has 0 saturated carbocycles. The molecule has 0 aliphatic carbocycles. The Labute approximate surface area is 143 Å². The highest BCUT2D eigenvalue weighted by Gasteiger charge is 1.95. The van der Waals surface area contributed by atoms with Crippen LogP contribution in [0.5, 0.6) is 0 Å². The van der Waals surface area contributed by atoms with Crippen molar-refractivity contribution in [2.75, 3.05) is 7.11 Å². The molecule has 1 nitrogen and oxygen atoms in total. The van der Waals surface area contributed by atoms with E-state index in [4.69, 9.17) is 4.43 Å². The van der Waals surface area contributed by atoms with Crippen molar-refractivity contribution >= 4 is 9.76 Å². The van der Waals surface area contributed by atoms with Gasteiger partial charge in [-0.25, -0.2) is 0 Å². The van der Waals surface area contributed by atoms with Crippen molar-refractivity contribution in [3.05, 3.63) is 0 Å². The molecule has 22 heavy (non-hydrogen) atoms. The molecule has 0 atom stereocenters. The molecule has 0 spiro atoms. The molecule has 0 unspecified atom stereocenters. The zero-order valence-corrected chi connectivity index (χ0v) is 17.3. The molecule has 0 aromatic rings. The van der Waals surface area contributed by atoms with Gasteiger partial charge in [-0.05, 0) is 6.04 Å². The maximum absolute atomic E-state index is 5.21. The average molecular weight is 329 g/mol. The molecule has 0 N–H and O–H groups in total. The van der Waals surface area contributed by atoms with E-state index in [-0.39, 0.29) is 9.76 Å². The Kier molecular flexibility index (Phi) is 21.3. The van der Waals surface area contributed by atoms with Crippen molar-refractivity contribution in [3.63, 3.8) is 0 Å². The van der Waals surface area contributed by atoms with Crippen molar-refractivity contribution in [2.45, 2.75) is 122 Å². The van der Waals surface area contributed by atoms with Crippen LogP contribution in [0.3, 0.4) is 0 Å². The average Bonchev–Trinajstić information content (AvgIpc) is 2.54. The van der Waals surface area contributed by atoms with E-state index in [9.17, 15) is 0 Å². The Morgan fingerprint density at radius 2 is 0.818 bits per heavy atom. The fraction of sp³-hybridized carbons (Fsp3) is 1.00. The molecule has 134 valence electrons. The third-order valence-corrected chi connectivity index (χ3v) is 5.90. The number of unbranched alkanes of at least 4 members (excludes halogenated alkanes) is 16. The van der Waals surface area contributed by atoms with Crippen LogP contribution in [0.2, 0.25) is 6.04 Å². The molecule has 0 bridgehead atoms. The third kappa shape index (κ3) is 20.2. The lowest BCUT2D eigenvalue weighted by Gasteiger charge is -2.03. The Morgan fingerprint density at radius 1 is 0.500 bits per heavy atom. The van der Waals surface area contributed by atoms with E-state index < -0.39 is 0 Å². The SMILES string of the molecule is CCCCCCCCCCCCCCCCCCC[SiH2]OC. The molecule has 0 aliphatic rings. The van der Waals surface area contributed by atoms with Gasteiger partial charge in [-0.1, -0.05) is 116 Å². The van der Waals surface area contributed by atoms with Gasteiger partial charge >= 0.3 is 0 Å². The first-order valence-corrected chi connectivity index (χ1v) is 12.0. The van der Waals surface area contributed by atoms with E-state index in [1.54, 1.807) is 0 Å². The molecular weight excluding hydrogens is 284 g/mol. The largest absolute Gasteiger partial charge is 0.427 e. The molecular formula is C20H44OSi. The molecule has 0 aromatic heterocycles. The molecule has 0 rings (SSSR count). The lowest BCUT2D eigenvalue weighted by atomic mass is 10.0. The van der Waals surface area contributed by atoms with Crippen LogP contribution in [0.1, 0.15) is 116 Å². The van der Waals surface area contributed by atoms with Crippen LogP contribution in [0, 0.1) is 0 Å². The lowest BCUT2D eigenvalue weighted by Crippen LogP contribution is -1.91. The quantitative estimate of drug-likeness (QED) is 0.187. The minimum Gasteiger partial charge on any atom is -0.427 e. The summed E-state index contributed by atoms with van der Waals surface area (Å²) in [6.07, 6.45) is 24.8. The van der Waals surface area contributed by atoms with Gasteiger partial charge in [0.15, 0.2) is 9.76 Å². The second-order valence-electron chi connectivity index (χ2n) is 7.00. The lowest BCUT2D eigenvalue weighted by molar-refractivity contribution is 0.438. The van der Waals surface area contributed by atoms with E-state index in [1.807, 2.05) is 7.11 Å². The summed E-state index contributed by atoms with van der Waals surface area (Å²) in [6, 6.07) is 1.38. The van der Waals surface area contributed by atoms with Crippen LogP contribution >= 0.6 is 0 Å². The smallest absolute Gasteiger partial charge is 0.161 e. The van der Waals surface area contributed by atoms with Crippen molar-refractivity contribution in [3.8, 4) is 0 Å². The molecule has 0 heterocycles. The molecule has 0 radical (unpaired) electrons. The Hall–Kier alpha value is 0.177. The second-order valence-corrected chi connectivity index (χ2v) is 8.70. The summed E-state index contributed by atoms with van der Waals surface area (Å²) in [5.74, 6) is 0. The zero-order valence-electron chi connectivity index (χ0n) is 15.8. The molecule has 0 aliphatic heterocycles. The van der Waals surface area contributed by atoms with Gasteiger partial charge < -0.3 is 4.43 Å². The maximum atomic E-state index is 5.21. The normalized spacial score (nSPS) is 11.7. The fourth-order valence-electron chi connectivity index (χ4n) is 3.15. The standard InChI is InChI=1S/C20H44OSi/c1-3-4-5-6-7-8-9-10-11-12-13-14-15-16-17-18-19-20-22-21-2/h3-20,22H2,1-2H3. The van der Waals surface area contributed by atoms with Crippen LogP contribution in [-0.4, -0.2) is 16.9 Å². The summed E-state index contributed by atoms with van der Waals surface area (Å²) < 4.78 is 5.21. The van der Waals surface area contributed by atoms with Crippen LogP contribution in [0.4, 0.5) is 0 Å². The molecule has 0 saturated heterocycles. The summed E-state index contributed by atoms with van der Waals surface area (Å²) in [5.41, 5.74) is 0. The summed E-state index contributed by atoms with van der Waals surface area (Å²) in [6.45, 7) is 2.30. The van der Waals surface area contributed by atoms with Crippen molar-refractivity contribution in [1.82, 2.24) is 0 Å². The van der Waals surface area contributed by atoms with Gasteiger partial charge in [0.05, 0.1) is 0 Å². The molecule has 0 aromatic carbocycles. The molecule has 0 fully saturated rings. The van der Waals surface area contributed by atoms with Gasteiger partial charge in [-0.2, -0.15) is 0 Å². The molecule has 2 heteroatoms. The minimum atomic E-state index is -0.144. The summed E-state index contributed by atoms with van der Waals surface area (Å²) in [5, 5.41) is 0. The first kappa shape index (κ1) is 22.2. The number of rotatable bonds is 19. The highest BCUT2D eigenvalue weighted by Crippen LogP contribution is 2.14.